The number of aromatic carboxylic acids is 1. The Morgan fingerprint density at radius 1 is 0.973 bits per heavy atom. The van der Waals surface area contributed by atoms with Crippen LogP contribution in [0.25, 0.3) is 0 Å². The second kappa shape index (κ2) is 14.2. The van der Waals surface area contributed by atoms with Crippen LogP contribution < -0.4 is 15.1 Å². The molecule has 3 aromatic rings. The number of ether oxygens (including phenoxy) is 1. The number of benzene rings is 2. The van der Waals surface area contributed by atoms with Gasteiger partial charge in [-0.05, 0) is 79.3 Å². The Bertz CT molecular complexity index is 1130. The molecule has 0 radical (unpaired) electrons. The smallest absolute Gasteiger partial charge is 0.337 e. The number of morpholine rings is 1. The molecular formula is C30H40N4O3. The van der Waals surface area contributed by atoms with Gasteiger partial charge in [0.1, 0.15) is 0 Å². The normalized spacial score (nSPS) is 14.2. The van der Waals surface area contributed by atoms with Gasteiger partial charge >= 0.3 is 5.97 Å². The topological polar surface area (TPSA) is 77.9 Å². The van der Waals surface area contributed by atoms with Gasteiger partial charge in [0, 0.05) is 50.4 Å². The van der Waals surface area contributed by atoms with E-state index in [1.165, 1.54) is 66.8 Å². The number of nitrogens with one attached hydrogen (secondary N) is 1. The van der Waals surface area contributed by atoms with Crippen LogP contribution in [-0.4, -0.2) is 56.5 Å². The predicted octanol–water partition coefficient (Wildman–Crippen LogP) is 6.02. The highest BCUT2D eigenvalue weighted by atomic mass is 16.5. The summed E-state index contributed by atoms with van der Waals surface area (Å²) in [5, 5.41) is 11.4. The Labute approximate surface area is 221 Å². The van der Waals surface area contributed by atoms with Crippen molar-refractivity contribution >= 4 is 28.7 Å². The first-order chi connectivity index (χ1) is 18.1. The maximum absolute atomic E-state index is 10.5. The number of aromatic nitrogens is 1. The van der Waals surface area contributed by atoms with Gasteiger partial charge in [-0.3, -0.25) is 4.98 Å². The van der Waals surface area contributed by atoms with Crippen LogP contribution in [0, 0.1) is 0 Å². The van der Waals surface area contributed by atoms with Crippen molar-refractivity contribution in [2.45, 2.75) is 39.5 Å². The van der Waals surface area contributed by atoms with E-state index < -0.39 is 5.97 Å². The summed E-state index contributed by atoms with van der Waals surface area (Å²) in [6.07, 6.45) is 8.06. The van der Waals surface area contributed by atoms with Gasteiger partial charge in [-0.2, -0.15) is 0 Å². The van der Waals surface area contributed by atoms with E-state index in [0.717, 1.165) is 26.3 Å². The number of carboxylic acid groups (broad SMARTS) is 1. The van der Waals surface area contributed by atoms with Crippen molar-refractivity contribution in [1.29, 1.82) is 0 Å². The summed E-state index contributed by atoms with van der Waals surface area (Å²) in [5.74, 6) is -0.947. The number of nitrogens with zero attached hydrogens (tertiary/aromatic N) is 3. The largest absolute Gasteiger partial charge is 0.478 e. The fraction of sp³-hybridized carbons (Fsp3) is 0.400. The first-order valence-electron chi connectivity index (χ1n) is 13.2. The van der Waals surface area contributed by atoms with E-state index in [1.54, 1.807) is 12.6 Å². The first-order valence-corrected chi connectivity index (χ1v) is 13.2. The molecule has 1 aliphatic heterocycles. The van der Waals surface area contributed by atoms with E-state index in [2.05, 4.69) is 69.6 Å². The maximum Gasteiger partial charge on any atom is 0.337 e. The zero-order valence-corrected chi connectivity index (χ0v) is 22.5. The summed E-state index contributed by atoms with van der Waals surface area (Å²) in [7, 11) is 3.82. The van der Waals surface area contributed by atoms with Crippen molar-refractivity contribution in [3.05, 3.63) is 77.6 Å². The average Bonchev–Trinajstić information content (AvgIpc) is 2.98. The molecule has 7 heteroatoms. The van der Waals surface area contributed by atoms with Gasteiger partial charge in [0.05, 0.1) is 30.7 Å². The van der Waals surface area contributed by atoms with Crippen molar-refractivity contribution in [2.75, 3.05) is 55.5 Å². The molecule has 2 aliphatic rings. The summed E-state index contributed by atoms with van der Waals surface area (Å²) in [5.41, 5.74) is 7.66. The van der Waals surface area contributed by atoms with Crippen molar-refractivity contribution in [1.82, 2.24) is 4.98 Å². The molecule has 0 unspecified atom stereocenters. The Kier molecular flexibility index (Phi) is 10.8. The van der Waals surface area contributed by atoms with E-state index >= 15 is 0 Å². The quantitative estimate of drug-likeness (QED) is 0.440. The van der Waals surface area contributed by atoms with Crippen molar-refractivity contribution in [3.8, 4) is 0 Å². The van der Waals surface area contributed by atoms with Crippen molar-refractivity contribution in [2.24, 2.45) is 0 Å². The Morgan fingerprint density at radius 2 is 1.62 bits per heavy atom. The highest BCUT2D eigenvalue weighted by Crippen LogP contribution is 2.30. The highest BCUT2D eigenvalue weighted by Gasteiger charge is 2.14. The molecule has 0 amide bonds. The predicted molar refractivity (Wildman–Crippen MR) is 153 cm³/mol. The third-order valence-corrected chi connectivity index (χ3v) is 6.65. The minimum atomic E-state index is -0.947. The standard InChI is InChI=1S/C21H26N2O.C7H8N2O2.C2H6/c1-22(21-7-6-17-4-2-3-5-18(17)16-21)19-8-10-20(11-9-19)23-12-14-24-15-13-23;1-8-6-4-9-3-2-5(6)7(10)11;1-2/h6-11,16H,2-5,12-15H2,1H3;2-4,8H,1H3,(H,10,11);1-2H3. The van der Waals surface area contributed by atoms with E-state index in [-0.39, 0.29) is 5.56 Å². The number of carbonyl (C=O) groups is 1. The van der Waals surface area contributed by atoms with Crippen LogP contribution in [0.2, 0.25) is 0 Å². The van der Waals surface area contributed by atoms with Gasteiger partial charge in [0.25, 0.3) is 0 Å². The third-order valence-electron chi connectivity index (χ3n) is 6.65. The summed E-state index contributed by atoms with van der Waals surface area (Å²) < 4.78 is 5.44. The van der Waals surface area contributed by atoms with Gasteiger partial charge in [-0.1, -0.05) is 19.9 Å². The van der Waals surface area contributed by atoms with Gasteiger partial charge in [-0.15, -0.1) is 0 Å². The zero-order chi connectivity index (χ0) is 26.6. The maximum atomic E-state index is 10.5. The minimum absolute atomic E-state index is 0.238. The Hall–Kier alpha value is -3.58. The van der Waals surface area contributed by atoms with Crippen LogP contribution in [0.1, 0.15) is 48.2 Å². The van der Waals surface area contributed by atoms with Crippen LogP contribution >= 0.6 is 0 Å². The third kappa shape index (κ3) is 7.46. The molecule has 37 heavy (non-hydrogen) atoms. The molecule has 7 nitrogen and oxygen atoms in total. The highest BCUT2D eigenvalue weighted by molar-refractivity contribution is 5.93. The summed E-state index contributed by atoms with van der Waals surface area (Å²) in [6, 6.07) is 17.3. The monoisotopic (exact) mass is 504 g/mol. The molecule has 0 atom stereocenters. The fourth-order valence-electron chi connectivity index (χ4n) is 4.57. The number of carboxylic acids is 1. The SMILES string of the molecule is CC.CN(c1ccc(N2CCOCC2)cc1)c1ccc2c(c1)CCCC2.CNc1cnccc1C(=O)O. The van der Waals surface area contributed by atoms with E-state index in [0.29, 0.717) is 5.69 Å². The lowest BCUT2D eigenvalue weighted by Crippen LogP contribution is -2.36. The van der Waals surface area contributed by atoms with Crippen LogP contribution in [0.15, 0.2) is 60.9 Å². The average molecular weight is 505 g/mol. The number of rotatable bonds is 5. The van der Waals surface area contributed by atoms with Crippen molar-refractivity contribution < 1.29 is 14.6 Å². The molecule has 0 spiro atoms. The fourth-order valence-corrected chi connectivity index (χ4v) is 4.57. The second-order valence-electron chi connectivity index (χ2n) is 8.81. The number of pyridine rings is 1. The Balaban J connectivity index is 0.000000247. The molecule has 2 aromatic carbocycles. The number of aryl methyl sites for hydroxylation is 2. The molecule has 1 aromatic heterocycles. The van der Waals surface area contributed by atoms with Gasteiger partial charge < -0.3 is 25.0 Å². The molecule has 0 bridgehead atoms. The molecule has 5 rings (SSSR count). The zero-order valence-electron chi connectivity index (χ0n) is 22.5. The van der Waals surface area contributed by atoms with Crippen LogP contribution in [-0.2, 0) is 17.6 Å². The van der Waals surface area contributed by atoms with Crippen LogP contribution in [0.3, 0.4) is 0 Å². The number of hydrogen-bond donors (Lipinski definition) is 2. The van der Waals surface area contributed by atoms with Gasteiger partial charge in [0.2, 0.25) is 0 Å². The lowest BCUT2D eigenvalue weighted by atomic mass is 9.91. The molecule has 2 N–H and O–H groups in total. The lowest BCUT2D eigenvalue weighted by Gasteiger charge is -2.29. The summed E-state index contributed by atoms with van der Waals surface area (Å²) in [6.45, 7) is 7.63. The summed E-state index contributed by atoms with van der Waals surface area (Å²) in [4.78, 5) is 19.0. The van der Waals surface area contributed by atoms with Crippen LogP contribution in [0.4, 0.5) is 22.7 Å². The van der Waals surface area contributed by atoms with Crippen LogP contribution in [0.5, 0.6) is 0 Å². The number of hydrogen-bond acceptors (Lipinski definition) is 6. The molecule has 2 heterocycles. The van der Waals surface area contributed by atoms with Gasteiger partial charge in [-0.25, -0.2) is 4.79 Å². The first kappa shape index (κ1) is 28.0. The van der Waals surface area contributed by atoms with E-state index in [9.17, 15) is 4.79 Å². The second-order valence-corrected chi connectivity index (χ2v) is 8.81. The molecule has 1 fully saturated rings. The number of fused-ring (bicyclic) bond motifs is 1. The van der Waals surface area contributed by atoms with Gasteiger partial charge in [0.15, 0.2) is 0 Å². The van der Waals surface area contributed by atoms with E-state index in [4.69, 9.17) is 9.84 Å². The number of anilines is 4. The molecule has 1 saturated heterocycles. The molecule has 198 valence electrons. The van der Waals surface area contributed by atoms with E-state index in [1.807, 2.05) is 13.8 Å². The molecule has 1 aliphatic carbocycles. The summed E-state index contributed by atoms with van der Waals surface area (Å²) >= 11 is 0. The minimum Gasteiger partial charge on any atom is -0.478 e. The Morgan fingerprint density at radius 3 is 2.24 bits per heavy atom. The molecule has 0 saturated carbocycles. The lowest BCUT2D eigenvalue weighted by molar-refractivity contribution is 0.0698. The van der Waals surface area contributed by atoms with Crippen molar-refractivity contribution in [3.63, 3.8) is 0 Å². The molecular weight excluding hydrogens is 464 g/mol.